The lowest BCUT2D eigenvalue weighted by atomic mass is 9.97. The van der Waals surface area contributed by atoms with E-state index in [2.05, 4.69) is 5.32 Å². The highest BCUT2D eigenvalue weighted by atomic mass is 16.5. The number of hydrogen-bond acceptors (Lipinski definition) is 3. The molecule has 0 heterocycles. The van der Waals surface area contributed by atoms with Gasteiger partial charge in [-0.15, -0.1) is 0 Å². The summed E-state index contributed by atoms with van der Waals surface area (Å²) in [6, 6.07) is 9.22. The Labute approximate surface area is 117 Å². The van der Waals surface area contributed by atoms with Crippen LogP contribution in [0.1, 0.15) is 32.1 Å². The smallest absolute Gasteiger partial charge is 0.329 e. The summed E-state index contributed by atoms with van der Waals surface area (Å²) in [6.45, 7) is 0.242. The number of carboxylic acids is 1. The SMILES string of the molecule is O=C(CCOc1ccccc1)NC1(C(=O)O)CCCC1. The van der Waals surface area contributed by atoms with Crippen LogP contribution in [0.15, 0.2) is 30.3 Å². The minimum atomic E-state index is -1.07. The van der Waals surface area contributed by atoms with E-state index in [1.54, 1.807) is 0 Å². The average molecular weight is 277 g/mol. The number of nitrogens with one attached hydrogen (secondary N) is 1. The summed E-state index contributed by atoms with van der Waals surface area (Å²) >= 11 is 0. The fourth-order valence-corrected chi connectivity index (χ4v) is 2.48. The highest BCUT2D eigenvalue weighted by molar-refractivity contribution is 5.87. The fraction of sp³-hybridized carbons (Fsp3) is 0.467. The van der Waals surface area contributed by atoms with Crippen molar-refractivity contribution in [1.82, 2.24) is 5.32 Å². The predicted molar refractivity (Wildman–Crippen MR) is 73.5 cm³/mol. The zero-order chi connectivity index (χ0) is 14.4. The summed E-state index contributed by atoms with van der Waals surface area (Å²) in [5.41, 5.74) is -1.07. The second-order valence-electron chi connectivity index (χ2n) is 5.05. The number of carbonyl (C=O) groups is 2. The molecule has 108 valence electrons. The number of hydrogen-bond donors (Lipinski definition) is 2. The first-order valence-electron chi connectivity index (χ1n) is 6.85. The predicted octanol–water partition coefficient (Wildman–Crippen LogP) is 1.97. The third-order valence-electron chi connectivity index (χ3n) is 3.59. The number of aliphatic carboxylic acids is 1. The van der Waals surface area contributed by atoms with E-state index in [1.807, 2.05) is 30.3 Å². The van der Waals surface area contributed by atoms with E-state index < -0.39 is 11.5 Å². The van der Waals surface area contributed by atoms with Crippen LogP contribution in [-0.4, -0.2) is 29.1 Å². The molecule has 5 heteroatoms. The molecule has 0 spiro atoms. The molecule has 1 aromatic carbocycles. The van der Waals surface area contributed by atoms with Crippen LogP contribution < -0.4 is 10.1 Å². The van der Waals surface area contributed by atoms with Crippen molar-refractivity contribution in [1.29, 1.82) is 0 Å². The third kappa shape index (κ3) is 3.50. The van der Waals surface area contributed by atoms with E-state index in [0.29, 0.717) is 18.6 Å². The molecule has 0 aliphatic heterocycles. The fourth-order valence-electron chi connectivity index (χ4n) is 2.48. The Balaban J connectivity index is 1.79. The maximum absolute atomic E-state index is 11.8. The van der Waals surface area contributed by atoms with Crippen LogP contribution in [0.3, 0.4) is 0 Å². The Hall–Kier alpha value is -2.04. The molecule has 2 N–H and O–H groups in total. The van der Waals surface area contributed by atoms with Crippen molar-refractivity contribution in [3.05, 3.63) is 30.3 Å². The van der Waals surface area contributed by atoms with Crippen LogP contribution >= 0.6 is 0 Å². The number of ether oxygens (including phenoxy) is 1. The Bertz CT molecular complexity index is 466. The number of carboxylic acid groups (broad SMARTS) is 1. The lowest BCUT2D eigenvalue weighted by Gasteiger charge is -2.25. The van der Waals surface area contributed by atoms with Gasteiger partial charge < -0.3 is 15.2 Å². The number of carbonyl (C=O) groups excluding carboxylic acids is 1. The van der Waals surface area contributed by atoms with Gasteiger partial charge in [-0.25, -0.2) is 4.79 Å². The summed E-state index contributed by atoms with van der Waals surface area (Å²) < 4.78 is 5.43. The molecule has 0 atom stereocenters. The molecule has 5 nitrogen and oxygen atoms in total. The van der Waals surface area contributed by atoms with Gasteiger partial charge in [-0.1, -0.05) is 31.0 Å². The Kier molecular flexibility index (Phi) is 4.61. The maximum Gasteiger partial charge on any atom is 0.329 e. The monoisotopic (exact) mass is 277 g/mol. The van der Waals surface area contributed by atoms with E-state index in [1.165, 1.54) is 0 Å². The minimum Gasteiger partial charge on any atom is -0.493 e. The van der Waals surface area contributed by atoms with Crippen LogP contribution in [0.4, 0.5) is 0 Å². The average Bonchev–Trinajstić information content (AvgIpc) is 2.90. The molecule has 1 fully saturated rings. The zero-order valence-electron chi connectivity index (χ0n) is 11.3. The van der Waals surface area contributed by atoms with E-state index in [4.69, 9.17) is 4.74 Å². The first-order chi connectivity index (χ1) is 9.62. The molecule has 0 aromatic heterocycles. The van der Waals surface area contributed by atoms with E-state index >= 15 is 0 Å². The highest BCUT2D eigenvalue weighted by Crippen LogP contribution is 2.29. The number of para-hydroxylation sites is 1. The standard InChI is InChI=1S/C15H19NO4/c17-13(8-11-20-12-6-2-1-3-7-12)16-15(14(18)19)9-4-5-10-15/h1-3,6-7H,4-5,8-11H2,(H,16,17)(H,18,19). The minimum absolute atomic E-state index is 0.157. The van der Waals surface area contributed by atoms with Gasteiger partial charge in [0.25, 0.3) is 0 Å². The first kappa shape index (κ1) is 14.4. The Morgan fingerprint density at radius 3 is 2.45 bits per heavy atom. The molecule has 2 rings (SSSR count). The lowest BCUT2D eigenvalue weighted by molar-refractivity contribution is -0.147. The molecule has 1 aliphatic carbocycles. The van der Waals surface area contributed by atoms with Gasteiger partial charge in [-0.05, 0) is 25.0 Å². The molecule has 1 aliphatic rings. The van der Waals surface area contributed by atoms with Gasteiger partial charge in [0.1, 0.15) is 11.3 Å². The van der Waals surface area contributed by atoms with E-state index in [0.717, 1.165) is 12.8 Å². The lowest BCUT2D eigenvalue weighted by Crippen LogP contribution is -2.52. The highest BCUT2D eigenvalue weighted by Gasteiger charge is 2.42. The van der Waals surface area contributed by atoms with Crippen molar-refractivity contribution < 1.29 is 19.4 Å². The van der Waals surface area contributed by atoms with Gasteiger partial charge in [-0.3, -0.25) is 4.79 Å². The first-order valence-corrected chi connectivity index (χ1v) is 6.85. The van der Waals surface area contributed by atoms with Crippen molar-refractivity contribution in [3.63, 3.8) is 0 Å². The van der Waals surface area contributed by atoms with Crippen molar-refractivity contribution in [2.24, 2.45) is 0 Å². The summed E-state index contributed by atoms with van der Waals surface area (Å²) in [4.78, 5) is 23.2. The Morgan fingerprint density at radius 2 is 1.85 bits per heavy atom. The second kappa shape index (κ2) is 6.41. The third-order valence-corrected chi connectivity index (χ3v) is 3.59. The van der Waals surface area contributed by atoms with Gasteiger partial charge in [-0.2, -0.15) is 0 Å². The molecule has 20 heavy (non-hydrogen) atoms. The molecular weight excluding hydrogens is 258 g/mol. The van der Waals surface area contributed by atoms with Crippen molar-refractivity contribution in [3.8, 4) is 5.75 Å². The largest absolute Gasteiger partial charge is 0.493 e. The van der Waals surface area contributed by atoms with Crippen LogP contribution in [0.2, 0.25) is 0 Å². The number of amides is 1. The molecule has 1 aromatic rings. The van der Waals surface area contributed by atoms with Crippen LogP contribution in [0.5, 0.6) is 5.75 Å². The summed E-state index contributed by atoms with van der Waals surface area (Å²) in [5.74, 6) is -0.508. The van der Waals surface area contributed by atoms with Gasteiger partial charge in [0.2, 0.25) is 5.91 Å². The molecule has 0 saturated heterocycles. The molecule has 1 saturated carbocycles. The van der Waals surface area contributed by atoms with Crippen LogP contribution in [0, 0.1) is 0 Å². The zero-order valence-corrected chi connectivity index (χ0v) is 11.3. The molecular formula is C15H19NO4. The molecule has 1 amide bonds. The van der Waals surface area contributed by atoms with Gasteiger partial charge >= 0.3 is 5.97 Å². The van der Waals surface area contributed by atoms with Crippen molar-refractivity contribution >= 4 is 11.9 Å². The van der Waals surface area contributed by atoms with Crippen LogP contribution in [-0.2, 0) is 9.59 Å². The number of rotatable bonds is 6. The molecule has 0 bridgehead atoms. The van der Waals surface area contributed by atoms with Gasteiger partial charge in [0.15, 0.2) is 0 Å². The van der Waals surface area contributed by atoms with Gasteiger partial charge in [0.05, 0.1) is 13.0 Å². The second-order valence-corrected chi connectivity index (χ2v) is 5.05. The molecule has 0 unspecified atom stereocenters. The van der Waals surface area contributed by atoms with E-state index in [-0.39, 0.29) is 18.9 Å². The van der Waals surface area contributed by atoms with Crippen LogP contribution in [0.25, 0.3) is 0 Å². The summed E-state index contributed by atoms with van der Waals surface area (Å²) in [6.07, 6.45) is 2.85. The summed E-state index contributed by atoms with van der Waals surface area (Å²) in [5, 5.41) is 11.9. The Morgan fingerprint density at radius 1 is 1.20 bits per heavy atom. The van der Waals surface area contributed by atoms with E-state index in [9.17, 15) is 14.7 Å². The van der Waals surface area contributed by atoms with Crippen molar-refractivity contribution in [2.45, 2.75) is 37.6 Å². The summed E-state index contributed by atoms with van der Waals surface area (Å²) in [7, 11) is 0. The number of benzene rings is 1. The maximum atomic E-state index is 11.8. The topological polar surface area (TPSA) is 75.6 Å². The van der Waals surface area contributed by atoms with Crippen molar-refractivity contribution in [2.75, 3.05) is 6.61 Å². The van der Waals surface area contributed by atoms with Gasteiger partial charge in [0, 0.05) is 0 Å². The quantitative estimate of drug-likeness (QED) is 0.833. The molecule has 0 radical (unpaired) electrons. The normalized spacial score (nSPS) is 16.6.